The zero-order chi connectivity index (χ0) is 21.1. The summed E-state index contributed by atoms with van der Waals surface area (Å²) in [4.78, 5) is 28.7. The van der Waals surface area contributed by atoms with Crippen molar-refractivity contribution >= 4 is 11.8 Å². The van der Waals surface area contributed by atoms with Crippen LogP contribution in [0.4, 0.5) is 4.39 Å². The molecule has 3 heterocycles. The van der Waals surface area contributed by atoms with Gasteiger partial charge in [0.15, 0.2) is 0 Å². The molecule has 2 amide bonds. The summed E-state index contributed by atoms with van der Waals surface area (Å²) in [5.41, 5.74) is 0.712. The number of rotatable bonds is 6. The number of piperidine rings is 2. The second kappa shape index (κ2) is 9.43. The van der Waals surface area contributed by atoms with Crippen LogP contribution in [0.2, 0.25) is 0 Å². The Balaban J connectivity index is 1.23. The number of fused-ring (bicyclic) bond motifs is 2. The largest absolute Gasteiger partial charge is 0.375 e. The first-order valence-electron chi connectivity index (χ1n) is 11.0. The van der Waals surface area contributed by atoms with Crippen molar-refractivity contribution in [2.24, 2.45) is 0 Å². The van der Waals surface area contributed by atoms with Crippen molar-refractivity contribution < 1.29 is 23.5 Å². The number of carbonyl (C=O) groups excluding carboxylic acids is 2. The predicted molar refractivity (Wildman–Crippen MR) is 109 cm³/mol. The van der Waals surface area contributed by atoms with Gasteiger partial charge in [-0.2, -0.15) is 0 Å². The molecule has 0 saturated carbocycles. The van der Waals surface area contributed by atoms with E-state index in [0.29, 0.717) is 18.7 Å². The maximum Gasteiger partial charge on any atom is 0.249 e. The first-order chi connectivity index (χ1) is 14.5. The van der Waals surface area contributed by atoms with E-state index in [4.69, 9.17) is 9.47 Å². The number of carbonyl (C=O) groups is 2. The molecule has 3 aliphatic rings. The second-order valence-corrected chi connectivity index (χ2v) is 8.74. The van der Waals surface area contributed by atoms with Gasteiger partial charge in [-0.3, -0.25) is 9.59 Å². The molecule has 164 valence electrons. The highest BCUT2D eigenvalue weighted by Crippen LogP contribution is 2.38. The lowest BCUT2D eigenvalue weighted by Gasteiger charge is -2.41. The molecule has 1 aromatic rings. The summed E-state index contributed by atoms with van der Waals surface area (Å²) in [5.74, 6) is -0.174. The Hall–Kier alpha value is -1.99. The van der Waals surface area contributed by atoms with Crippen LogP contribution in [0.5, 0.6) is 0 Å². The van der Waals surface area contributed by atoms with Gasteiger partial charge in [0, 0.05) is 32.3 Å². The minimum atomic E-state index is -0.309. The minimum absolute atomic E-state index is 0.0436. The molecule has 1 aromatic carbocycles. The number of benzene rings is 1. The van der Waals surface area contributed by atoms with Gasteiger partial charge in [-0.1, -0.05) is 12.1 Å². The average molecular weight is 419 g/mol. The fourth-order valence-electron chi connectivity index (χ4n) is 5.29. The van der Waals surface area contributed by atoms with Gasteiger partial charge in [0.1, 0.15) is 12.4 Å². The summed E-state index contributed by atoms with van der Waals surface area (Å²) in [6.45, 7) is 1.51. The van der Waals surface area contributed by atoms with Gasteiger partial charge < -0.3 is 19.3 Å². The van der Waals surface area contributed by atoms with Crippen molar-refractivity contribution in [2.45, 2.75) is 69.2 Å². The third kappa shape index (κ3) is 4.83. The lowest BCUT2D eigenvalue weighted by molar-refractivity contribution is -0.145. The van der Waals surface area contributed by atoms with E-state index in [9.17, 15) is 14.0 Å². The van der Waals surface area contributed by atoms with Crippen LogP contribution < -0.4 is 0 Å². The number of hydrogen-bond donors (Lipinski definition) is 0. The van der Waals surface area contributed by atoms with Gasteiger partial charge >= 0.3 is 0 Å². The monoisotopic (exact) mass is 418 g/mol. The molecule has 7 heteroatoms. The summed E-state index contributed by atoms with van der Waals surface area (Å²) in [5, 5.41) is 0. The Morgan fingerprint density at radius 2 is 1.73 bits per heavy atom. The van der Waals surface area contributed by atoms with E-state index < -0.39 is 0 Å². The van der Waals surface area contributed by atoms with Gasteiger partial charge in [0.25, 0.3) is 0 Å². The Bertz CT molecular complexity index is 751. The lowest BCUT2D eigenvalue weighted by atomic mass is 9.98. The molecule has 3 saturated heterocycles. The van der Waals surface area contributed by atoms with Crippen LogP contribution in [0.1, 0.15) is 44.1 Å². The van der Waals surface area contributed by atoms with Crippen LogP contribution in [-0.2, 0) is 25.5 Å². The molecule has 0 N–H and O–H groups in total. The molecule has 0 spiro atoms. The third-order valence-corrected chi connectivity index (χ3v) is 6.67. The molecule has 30 heavy (non-hydrogen) atoms. The van der Waals surface area contributed by atoms with E-state index in [2.05, 4.69) is 0 Å². The van der Waals surface area contributed by atoms with Crippen LogP contribution in [0.25, 0.3) is 0 Å². The first-order valence-corrected chi connectivity index (χ1v) is 11.0. The SMILES string of the molecule is COCC(=O)N1[C@@H]2CC[C@H]1CC(OC1CCN(C(=O)Cc3cccc(F)c3)CC1)C2. The maximum absolute atomic E-state index is 13.3. The number of amides is 2. The molecule has 3 atom stereocenters. The number of ether oxygens (including phenoxy) is 2. The fraction of sp³-hybridized carbons (Fsp3) is 0.652. The highest BCUT2D eigenvalue weighted by atomic mass is 19.1. The minimum Gasteiger partial charge on any atom is -0.375 e. The molecule has 2 bridgehead atoms. The van der Waals surface area contributed by atoms with E-state index in [1.165, 1.54) is 12.1 Å². The average Bonchev–Trinajstić information content (AvgIpc) is 2.99. The van der Waals surface area contributed by atoms with Crippen LogP contribution in [0, 0.1) is 5.82 Å². The van der Waals surface area contributed by atoms with E-state index in [1.54, 1.807) is 19.2 Å². The molecule has 0 aliphatic carbocycles. The fourth-order valence-corrected chi connectivity index (χ4v) is 5.29. The number of methoxy groups -OCH3 is 1. The molecule has 3 fully saturated rings. The first kappa shape index (κ1) is 21.2. The van der Waals surface area contributed by atoms with Crippen molar-refractivity contribution in [1.29, 1.82) is 0 Å². The second-order valence-electron chi connectivity index (χ2n) is 8.74. The van der Waals surface area contributed by atoms with Gasteiger partial charge in [-0.25, -0.2) is 4.39 Å². The molecule has 0 aromatic heterocycles. The normalized spacial score (nSPS) is 26.8. The number of halogens is 1. The summed E-state index contributed by atoms with van der Waals surface area (Å²) >= 11 is 0. The summed E-state index contributed by atoms with van der Waals surface area (Å²) in [7, 11) is 1.56. The molecule has 6 nitrogen and oxygen atoms in total. The highest BCUT2D eigenvalue weighted by molar-refractivity contribution is 5.79. The number of nitrogens with zero attached hydrogens (tertiary/aromatic N) is 2. The van der Waals surface area contributed by atoms with E-state index in [1.807, 2.05) is 9.80 Å². The molecular weight excluding hydrogens is 387 g/mol. The molecular formula is C23H31FN2O4. The Morgan fingerprint density at radius 1 is 1.03 bits per heavy atom. The van der Waals surface area contributed by atoms with Gasteiger partial charge in [-0.15, -0.1) is 0 Å². The van der Waals surface area contributed by atoms with Gasteiger partial charge in [0.2, 0.25) is 11.8 Å². The summed E-state index contributed by atoms with van der Waals surface area (Å²) < 4.78 is 24.8. The predicted octanol–water partition coefficient (Wildman–Crippen LogP) is 2.54. The zero-order valence-electron chi connectivity index (χ0n) is 17.6. The topological polar surface area (TPSA) is 59.1 Å². The van der Waals surface area contributed by atoms with Gasteiger partial charge in [0.05, 0.1) is 18.6 Å². The summed E-state index contributed by atoms with van der Waals surface area (Å²) in [6, 6.07) is 6.77. The van der Waals surface area contributed by atoms with E-state index >= 15 is 0 Å². The quantitative estimate of drug-likeness (QED) is 0.713. The Morgan fingerprint density at radius 3 is 2.37 bits per heavy atom. The molecule has 0 radical (unpaired) electrons. The number of hydrogen-bond acceptors (Lipinski definition) is 4. The van der Waals surface area contributed by atoms with Crippen molar-refractivity contribution in [2.75, 3.05) is 26.8 Å². The third-order valence-electron chi connectivity index (χ3n) is 6.67. The van der Waals surface area contributed by atoms with Crippen molar-refractivity contribution in [3.05, 3.63) is 35.6 Å². The van der Waals surface area contributed by atoms with Gasteiger partial charge in [-0.05, 0) is 56.2 Å². The summed E-state index contributed by atoms with van der Waals surface area (Å²) in [6.07, 6.45) is 6.12. The standard InChI is InChI=1S/C23H31FN2O4/c1-29-15-23(28)26-18-5-6-19(26)14-21(13-18)30-20-7-9-25(10-8-20)22(27)12-16-3-2-4-17(24)11-16/h2-4,11,18-21H,5-10,12-15H2,1H3/t18-,19+,21?. The Kier molecular flexibility index (Phi) is 6.68. The Labute approximate surface area is 177 Å². The molecule has 1 unspecified atom stereocenters. The van der Waals surface area contributed by atoms with E-state index in [-0.39, 0.29) is 55.0 Å². The van der Waals surface area contributed by atoms with Crippen LogP contribution in [-0.4, -0.2) is 72.7 Å². The van der Waals surface area contributed by atoms with Crippen molar-refractivity contribution in [1.82, 2.24) is 9.80 Å². The van der Waals surface area contributed by atoms with Crippen LogP contribution >= 0.6 is 0 Å². The molecule has 4 rings (SSSR count). The molecule has 3 aliphatic heterocycles. The smallest absolute Gasteiger partial charge is 0.249 e. The van der Waals surface area contributed by atoms with E-state index in [0.717, 1.165) is 38.5 Å². The number of likely N-dealkylation sites (tertiary alicyclic amines) is 1. The maximum atomic E-state index is 13.3. The van der Waals surface area contributed by atoms with Crippen molar-refractivity contribution in [3.8, 4) is 0 Å². The highest BCUT2D eigenvalue weighted by Gasteiger charge is 2.44. The zero-order valence-corrected chi connectivity index (χ0v) is 17.6. The van der Waals surface area contributed by atoms with Crippen LogP contribution in [0.15, 0.2) is 24.3 Å². The lowest BCUT2D eigenvalue weighted by Crippen LogP contribution is -2.51. The van der Waals surface area contributed by atoms with Crippen molar-refractivity contribution in [3.63, 3.8) is 0 Å². The van der Waals surface area contributed by atoms with Crippen LogP contribution in [0.3, 0.4) is 0 Å².